The fourth-order valence-electron chi connectivity index (χ4n) is 2.24. The maximum Gasteiger partial charge on any atom is 0.433 e. The van der Waals surface area contributed by atoms with E-state index in [2.05, 4.69) is 4.99 Å². The number of hydrogen-bond acceptors (Lipinski definition) is 2. The number of benzene rings is 3. The van der Waals surface area contributed by atoms with Gasteiger partial charge in [0.2, 0.25) is 0 Å². The van der Waals surface area contributed by atoms with E-state index in [0.29, 0.717) is 0 Å². The normalized spacial score (nSPS) is 10.9. The number of carbonyl (C=O) groups excluding carboxylic acids is 1. The smallest absolute Gasteiger partial charge is 0.433 e. The van der Waals surface area contributed by atoms with Gasteiger partial charge in [0.25, 0.3) is 0 Å². The van der Waals surface area contributed by atoms with Crippen molar-refractivity contribution < 1.29 is 9.53 Å². The molecule has 0 saturated heterocycles. The topological polar surface area (TPSA) is 38.7 Å². The molecule has 0 heterocycles. The maximum atomic E-state index is 11.7. The third-order valence-electron chi connectivity index (χ3n) is 3.34. The molecule has 0 aromatic heterocycles. The molecule has 0 aliphatic rings. The molecule has 0 spiro atoms. The summed E-state index contributed by atoms with van der Waals surface area (Å²) in [5.74, 6) is 0. The molecule has 1 amide bonds. The van der Waals surface area contributed by atoms with Gasteiger partial charge in [0.05, 0.1) is 0 Å². The molecule has 0 bridgehead atoms. The highest BCUT2D eigenvalue weighted by Crippen LogP contribution is 2.16. The number of carbonyl (C=O) groups is 1. The molecule has 3 heteroatoms. The second kappa shape index (κ2) is 6.68. The predicted octanol–water partition coefficient (Wildman–Crippen LogP) is 4.60. The van der Waals surface area contributed by atoms with E-state index in [1.165, 1.54) is 0 Å². The molecule has 3 rings (SSSR count). The Morgan fingerprint density at radius 1 is 0.909 bits per heavy atom. The monoisotopic (exact) mass is 289 g/mol. The van der Waals surface area contributed by atoms with Gasteiger partial charge in [-0.2, -0.15) is 4.99 Å². The predicted molar refractivity (Wildman–Crippen MR) is 88.2 cm³/mol. The summed E-state index contributed by atoms with van der Waals surface area (Å²) in [5.41, 5.74) is 1.84. The first-order chi connectivity index (χ1) is 10.8. The van der Waals surface area contributed by atoms with Gasteiger partial charge in [0.15, 0.2) is 0 Å². The highest BCUT2D eigenvalue weighted by atomic mass is 16.5. The van der Waals surface area contributed by atoms with Crippen molar-refractivity contribution in [3.05, 3.63) is 83.9 Å². The molecular formula is C19H15NO2. The van der Waals surface area contributed by atoms with Crippen LogP contribution >= 0.6 is 0 Å². The summed E-state index contributed by atoms with van der Waals surface area (Å²) < 4.78 is 5.13. The van der Waals surface area contributed by atoms with E-state index in [4.69, 9.17) is 4.74 Å². The molecule has 0 saturated carbocycles. The van der Waals surface area contributed by atoms with Crippen LogP contribution in [0.3, 0.4) is 0 Å². The van der Waals surface area contributed by atoms with Gasteiger partial charge in [0.1, 0.15) is 6.61 Å². The Labute approximate surface area is 128 Å². The lowest BCUT2D eigenvalue weighted by Crippen LogP contribution is -2.00. The van der Waals surface area contributed by atoms with Crippen molar-refractivity contribution in [1.29, 1.82) is 0 Å². The largest absolute Gasteiger partial charge is 0.443 e. The van der Waals surface area contributed by atoms with E-state index >= 15 is 0 Å². The third-order valence-corrected chi connectivity index (χ3v) is 3.34. The van der Waals surface area contributed by atoms with Crippen molar-refractivity contribution in [1.82, 2.24) is 0 Å². The SMILES string of the molecule is O=C(/N=C/c1cccc2ccccc12)OCc1ccccc1. The van der Waals surface area contributed by atoms with E-state index in [1.807, 2.05) is 72.8 Å². The summed E-state index contributed by atoms with van der Waals surface area (Å²) in [6.07, 6.45) is 0.965. The van der Waals surface area contributed by atoms with Crippen molar-refractivity contribution in [2.75, 3.05) is 0 Å². The zero-order valence-electron chi connectivity index (χ0n) is 12.0. The zero-order valence-corrected chi connectivity index (χ0v) is 12.0. The number of amides is 1. The highest BCUT2D eigenvalue weighted by molar-refractivity contribution is 6.02. The quantitative estimate of drug-likeness (QED) is 0.661. The molecule has 0 N–H and O–H groups in total. The Kier molecular flexibility index (Phi) is 4.25. The van der Waals surface area contributed by atoms with E-state index in [1.54, 1.807) is 6.21 Å². The minimum Gasteiger partial charge on any atom is -0.443 e. The minimum atomic E-state index is -0.586. The van der Waals surface area contributed by atoms with E-state index in [0.717, 1.165) is 21.9 Å². The van der Waals surface area contributed by atoms with Crippen molar-refractivity contribution in [2.24, 2.45) is 4.99 Å². The number of rotatable bonds is 3. The molecule has 0 fully saturated rings. The lowest BCUT2D eigenvalue weighted by Gasteiger charge is -2.02. The molecule has 0 aliphatic carbocycles. The molecule has 22 heavy (non-hydrogen) atoms. The standard InChI is InChI=1S/C19H15NO2/c21-19(22-14-15-7-2-1-3-8-15)20-13-17-11-6-10-16-9-4-5-12-18(16)17/h1-13H,14H2/b20-13+. The Balaban J connectivity index is 1.69. The van der Waals surface area contributed by atoms with Gasteiger partial charge >= 0.3 is 6.09 Å². The molecule has 108 valence electrons. The Bertz CT molecular complexity index is 805. The van der Waals surface area contributed by atoms with Gasteiger partial charge < -0.3 is 4.74 Å². The van der Waals surface area contributed by atoms with E-state index in [9.17, 15) is 4.79 Å². The Morgan fingerprint density at radius 2 is 1.64 bits per heavy atom. The van der Waals surface area contributed by atoms with Gasteiger partial charge in [-0.05, 0) is 16.3 Å². The Morgan fingerprint density at radius 3 is 2.50 bits per heavy atom. The first kappa shape index (κ1) is 14.0. The first-order valence-corrected chi connectivity index (χ1v) is 7.05. The van der Waals surface area contributed by atoms with Crippen LogP contribution in [-0.4, -0.2) is 12.3 Å². The lowest BCUT2D eigenvalue weighted by atomic mass is 10.1. The van der Waals surface area contributed by atoms with Crippen LogP contribution in [0, 0.1) is 0 Å². The summed E-state index contributed by atoms with van der Waals surface area (Å²) in [7, 11) is 0. The van der Waals surface area contributed by atoms with Gasteiger partial charge in [0, 0.05) is 11.8 Å². The number of ether oxygens (including phenoxy) is 1. The number of fused-ring (bicyclic) bond motifs is 1. The van der Waals surface area contributed by atoms with Gasteiger partial charge in [-0.1, -0.05) is 72.8 Å². The van der Waals surface area contributed by atoms with Crippen LogP contribution in [0.5, 0.6) is 0 Å². The molecule has 3 aromatic carbocycles. The van der Waals surface area contributed by atoms with E-state index in [-0.39, 0.29) is 6.61 Å². The van der Waals surface area contributed by atoms with Crippen LogP contribution in [0.15, 0.2) is 77.8 Å². The average Bonchev–Trinajstić information content (AvgIpc) is 2.59. The minimum absolute atomic E-state index is 0.229. The summed E-state index contributed by atoms with van der Waals surface area (Å²) >= 11 is 0. The van der Waals surface area contributed by atoms with Crippen molar-refractivity contribution >= 4 is 23.1 Å². The van der Waals surface area contributed by atoms with Crippen molar-refractivity contribution in [3.63, 3.8) is 0 Å². The maximum absolute atomic E-state index is 11.7. The molecule has 3 nitrogen and oxygen atoms in total. The van der Waals surface area contributed by atoms with Crippen LogP contribution in [-0.2, 0) is 11.3 Å². The molecule has 0 atom stereocenters. The second-order valence-electron chi connectivity index (χ2n) is 4.87. The fraction of sp³-hybridized carbons (Fsp3) is 0.0526. The van der Waals surface area contributed by atoms with Gasteiger partial charge in [-0.3, -0.25) is 0 Å². The van der Waals surface area contributed by atoms with Crippen LogP contribution in [0.2, 0.25) is 0 Å². The van der Waals surface area contributed by atoms with Crippen LogP contribution < -0.4 is 0 Å². The molecule has 3 aromatic rings. The summed E-state index contributed by atoms with van der Waals surface area (Å²) in [5, 5.41) is 2.17. The zero-order chi connectivity index (χ0) is 15.2. The summed E-state index contributed by atoms with van der Waals surface area (Å²) in [4.78, 5) is 15.6. The summed E-state index contributed by atoms with van der Waals surface area (Å²) in [6.45, 7) is 0.229. The number of aliphatic imine (C=N–C) groups is 1. The first-order valence-electron chi connectivity index (χ1n) is 7.05. The van der Waals surface area contributed by atoms with Crippen LogP contribution in [0.1, 0.15) is 11.1 Å². The molecular weight excluding hydrogens is 274 g/mol. The molecule has 0 aliphatic heterocycles. The fourth-order valence-corrected chi connectivity index (χ4v) is 2.24. The summed E-state index contributed by atoms with van der Waals surface area (Å²) in [6, 6.07) is 23.4. The average molecular weight is 289 g/mol. The molecule has 0 unspecified atom stereocenters. The Hall–Kier alpha value is -2.94. The van der Waals surface area contributed by atoms with Gasteiger partial charge in [-0.25, -0.2) is 4.79 Å². The second-order valence-corrected chi connectivity index (χ2v) is 4.87. The van der Waals surface area contributed by atoms with Crippen LogP contribution in [0.25, 0.3) is 10.8 Å². The highest BCUT2D eigenvalue weighted by Gasteiger charge is 2.01. The van der Waals surface area contributed by atoms with E-state index < -0.39 is 6.09 Å². The number of nitrogens with zero attached hydrogens (tertiary/aromatic N) is 1. The number of hydrogen-bond donors (Lipinski definition) is 0. The molecule has 0 radical (unpaired) electrons. The van der Waals surface area contributed by atoms with Crippen molar-refractivity contribution in [2.45, 2.75) is 6.61 Å². The van der Waals surface area contributed by atoms with Crippen LogP contribution in [0.4, 0.5) is 4.79 Å². The van der Waals surface area contributed by atoms with Gasteiger partial charge in [-0.15, -0.1) is 0 Å². The lowest BCUT2D eigenvalue weighted by molar-refractivity contribution is 0.151. The third kappa shape index (κ3) is 3.38. The van der Waals surface area contributed by atoms with Crippen molar-refractivity contribution in [3.8, 4) is 0 Å².